The Morgan fingerprint density at radius 3 is 2.59 bits per heavy atom. The molecule has 8 heteroatoms. The van der Waals surface area contributed by atoms with E-state index in [1.807, 2.05) is 0 Å². The van der Waals surface area contributed by atoms with E-state index in [0.29, 0.717) is 5.56 Å². The van der Waals surface area contributed by atoms with Gasteiger partial charge in [0.1, 0.15) is 24.3 Å². The van der Waals surface area contributed by atoms with Gasteiger partial charge >= 0.3 is 6.18 Å². The highest BCUT2D eigenvalue weighted by Crippen LogP contribution is 2.31. The van der Waals surface area contributed by atoms with Crippen LogP contribution in [0, 0.1) is 5.82 Å². The number of nitrogens with one attached hydrogen (secondary N) is 1. The lowest BCUT2D eigenvalue weighted by atomic mass is 10.1. The number of carbonyl (C=O) groups is 1. The van der Waals surface area contributed by atoms with Gasteiger partial charge in [0, 0.05) is 13.0 Å². The van der Waals surface area contributed by atoms with Crippen LogP contribution >= 0.6 is 0 Å². The molecule has 0 bridgehead atoms. The topological polar surface area (TPSA) is 58.6 Å². The third kappa shape index (κ3) is 6.90. The van der Waals surface area contributed by atoms with E-state index in [9.17, 15) is 27.5 Å². The Morgan fingerprint density at radius 2 is 1.89 bits per heavy atom. The lowest BCUT2D eigenvalue weighted by Crippen LogP contribution is -2.35. The molecule has 1 atom stereocenters. The number of alkyl halides is 3. The zero-order valence-electron chi connectivity index (χ0n) is 14.3. The van der Waals surface area contributed by atoms with Crippen molar-refractivity contribution in [3.05, 3.63) is 65.5 Å². The summed E-state index contributed by atoms with van der Waals surface area (Å²) in [5, 5.41) is 12.3. The molecular weight excluding hydrogens is 366 g/mol. The summed E-state index contributed by atoms with van der Waals surface area (Å²) in [4.78, 5) is 11.8. The van der Waals surface area contributed by atoms with Crippen LogP contribution in [0.15, 0.2) is 48.5 Å². The molecule has 4 nitrogen and oxygen atoms in total. The lowest BCUT2D eigenvalue weighted by Gasteiger charge is -2.14. The van der Waals surface area contributed by atoms with Gasteiger partial charge in [-0.3, -0.25) is 4.79 Å². The van der Waals surface area contributed by atoms with E-state index in [-0.39, 0.29) is 43.5 Å². The van der Waals surface area contributed by atoms with E-state index < -0.39 is 17.8 Å². The zero-order valence-corrected chi connectivity index (χ0v) is 14.3. The molecule has 2 N–H and O–H groups in total. The predicted octanol–water partition coefficient (Wildman–Crippen LogP) is 3.33. The third-order valence-electron chi connectivity index (χ3n) is 3.72. The average Bonchev–Trinajstić information content (AvgIpc) is 2.63. The Bertz CT molecular complexity index is 765. The minimum Gasteiger partial charge on any atom is -0.491 e. The number of ether oxygens (including phenoxy) is 1. The molecule has 2 rings (SSSR count). The molecule has 27 heavy (non-hydrogen) atoms. The maximum absolute atomic E-state index is 13.5. The van der Waals surface area contributed by atoms with Gasteiger partial charge in [-0.2, -0.15) is 13.2 Å². The van der Waals surface area contributed by atoms with Crippen LogP contribution < -0.4 is 10.1 Å². The number of halogens is 4. The number of aryl methyl sites for hydroxylation is 1. The minimum absolute atomic E-state index is 0.0326. The smallest absolute Gasteiger partial charge is 0.416 e. The van der Waals surface area contributed by atoms with Crippen LogP contribution in [0.2, 0.25) is 0 Å². The maximum Gasteiger partial charge on any atom is 0.416 e. The molecule has 0 saturated carbocycles. The molecule has 0 aliphatic heterocycles. The van der Waals surface area contributed by atoms with Gasteiger partial charge in [0.25, 0.3) is 0 Å². The van der Waals surface area contributed by atoms with Gasteiger partial charge in [-0.15, -0.1) is 0 Å². The summed E-state index contributed by atoms with van der Waals surface area (Å²) < 4.78 is 56.5. The highest BCUT2D eigenvalue weighted by atomic mass is 19.4. The van der Waals surface area contributed by atoms with Crippen LogP contribution in [0.25, 0.3) is 0 Å². The first-order valence-corrected chi connectivity index (χ1v) is 8.24. The second-order valence-corrected chi connectivity index (χ2v) is 5.89. The SMILES string of the molecule is O=C(CCc1ccccc1F)NCC(O)COc1cccc(C(F)(F)F)c1. The van der Waals surface area contributed by atoms with E-state index in [0.717, 1.165) is 12.1 Å². The van der Waals surface area contributed by atoms with Gasteiger partial charge in [0.15, 0.2) is 0 Å². The van der Waals surface area contributed by atoms with Gasteiger partial charge in [0.2, 0.25) is 5.91 Å². The molecule has 2 aromatic rings. The fourth-order valence-corrected chi connectivity index (χ4v) is 2.28. The summed E-state index contributed by atoms with van der Waals surface area (Å²) in [5.41, 5.74) is -0.433. The molecule has 0 spiro atoms. The summed E-state index contributed by atoms with van der Waals surface area (Å²) in [6.07, 6.45) is -5.32. The van der Waals surface area contributed by atoms with Crippen molar-refractivity contribution in [1.82, 2.24) is 5.32 Å². The number of hydrogen-bond donors (Lipinski definition) is 2. The Kier molecular flexibility index (Phi) is 7.18. The first kappa shape index (κ1) is 20.7. The number of aliphatic hydroxyl groups is 1. The second kappa shape index (κ2) is 9.36. The predicted molar refractivity (Wildman–Crippen MR) is 90.7 cm³/mol. The van der Waals surface area contributed by atoms with Crippen LogP contribution in [0.1, 0.15) is 17.5 Å². The van der Waals surface area contributed by atoms with Crippen molar-refractivity contribution in [2.45, 2.75) is 25.1 Å². The molecule has 146 valence electrons. The third-order valence-corrected chi connectivity index (χ3v) is 3.72. The van der Waals surface area contributed by atoms with Crippen LogP contribution in [0.5, 0.6) is 5.75 Å². The van der Waals surface area contributed by atoms with E-state index in [1.54, 1.807) is 18.2 Å². The standard InChI is InChI=1S/C19H19F4NO3/c20-17-7-2-1-4-13(17)8-9-18(26)24-11-15(25)12-27-16-6-3-5-14(10-16)19(21,22)23/h1-7,10,15,25H,8-9,11-12H2,(H,24,26). The fraction of sp³-hybridized carbons (Fsp3) is 0.316. The Labute approximate surface area is 153 Å². The van der Waals surface area contributed by atoms with E-state index >= 15 is 0 Å². The first-order valence-electron chi connectivity index (χ1n) is 8.24. The number of benzene rings is 2. The zero-order chi connectivity index (χ0) is 19.9. The maximum atomic E-state index is 13.5. The summed E-state index contributed by atoms with van der Waals surface area (Å²) >= 11 is 0. The van der Waals surface area contributed by atoms with Crippen molar-refractivity contribution in [1.29, 1.82) is 0 Å². The molecule has 0 radical (unpaired) electrons. The highest BCUT2D eigenvalue weighted by molar-refractivity contribution is 5.76. The van der Waals surface area contributed by atoms with Crippen molar-refractivity contribution in [2.24, 2.45) is 0 Å². The van der Waals surface area contributed by atoms with Gasteiger partial charge < -0.3 is 15.2 Å². The number of rotatable bonds is 8. The highest BCUT2D eigenvalue weighted by Gasteiger charge is 2.30. The van der Waals surface area contributed by atoms with E-state index in [4.69, 9.17) is 4.74 Å². The minimum atomic E-state index is -4.48. The molecule has 0 saturated heterocycles. The molecule has 1 amide bonds. The molecule has 0 aliphatic rings. The molecule has 0 aliphatic carbocycles. The average molecular weight is 385 g/mol. The summed E-state index contributed by atoms with van der Waals surface area (Å²) in [5.74, 6) is -0.800. The van der Waals surface area contributed by atoms with Gasteiger partial charge in [-0.05, 0) is 36.2 Å². The van der Waals surface area contributed by atoms with Crippen molar-refractivity contribution in [3.63, 3.8) is 0 Å². The van der Waals surface area contributed by atoms with Gasteiger partial charge in [-0.25, -0.2) is 4.39 Å². The van der Waals surface area contributed by atoms with Crippen molar-refractivity contribution in [3.8, 4) is 5.75 Å². The number of amides is 1. The Balaban J connectivity index is 1.72. The monoisotopic (exact) mass is 385 g/mol. The van der Waals surface area contributed by atoms with E-state index in [1.165, 1.54) is 18.2 Å². The molecule has 0 fully saturated rings. The van der Waals surface area contributed by atoms with Gasteiger partial charge in [0.05, 0.1) is 5.56 Å². The van der Waals surface area contributed by atoms with Crippen LogP contribution in [0.3, 0.4) is 0 Å². The lowest BCUT2D eigenvalue weighted by molar-refractivity contribution is -0.137. The number of aliphatic hydroxyl groups excluding tert-OH is 1. The number of hydrogen-bond acceptors (Lipinski definition) is 3. The normalized spacial score (nSPS) is 12.5. The second-order valence-electron chi connectivity index (χ2n) is 5.89. The Hall–Kier alpha value is -2.61. The molecule has 1 unspecified atom stereocenters. The molecule has 2 aromatic carbocycles. The summed E-state index contributed by atoms with van der Waals surface area (Å²) in [6.45, 7) is -0.413. The summed E-state index contributed by atoms with van der Waals surface area (Å²) in [7, 11) is 0. The molecular formula is C19H19F4NO3. The largest absolute Gasteiger partial charge is 0.491 e. The van der Waals surface area contributed by atoms with Crippen molar-refractivity contribution < 1.29 is 32.2 Å². The summed E-state index contributed by atoms with van der Waals surface area (Å²) in [6, 6.07) is 10.4. The fourth-order valence-electron chi connectivity index (χ4n) is 2.28. The molecule has 0 heterocycles. The van der Waals surface area contributed by atoms with Crippen LogP contribution in [-0.2, 0) is 17.4 Å². The number of carbonyl (C=O) groups excluding carboxylic acids is 1. The van der Waals surface area contributed by atoms with Crippen molar-refractivity contribution >= 4 is 5.91 Å². The van der Waals surface area contributed by atoms with Gasteiger partial charge in [-0.1, -0.05) is 24.3 Å². The van der Waals surface area contributed by atoms with Crippen LogP contribution in [0.4, 0.5) is 17.6 Å². The first-order chi connectivity index (χ1) is 12.8. The Morgan fingerprint density at radius 1 is 1.15 bits per heavy atom. The van der Waals surface area contributed by atoms with Crippen molar-refractivity contribution in [2.75, 3.05) is 13.2 Å². The quantitative estimate of drug-likeness (QED) is 0.686. The van der Waals surface area contributed by atoms with E-state index in [2.05, 4.69) is 5.32 Å². The van der Waals surface area contributed by atoms with Crippen LogP contribution in [-0.4, -0.2) is 30.3 Å². The molecule has 0 aromatic heterocycles.